The maximum atomic E-state index is 12.5. The summed E-state index contributed by atoms with van der Waals surface area (Å²) in [5.74, 6) is -2.92. The van der Waals surface area contributed by atoms with E-state index in [1.165, 1.54) is 24.3 Å². The zero-order chi connectivity index (χ0) is 27.5. The average molecular weight is 591 g/mol. The standard InChI is InChI=1S/C24H22N4O6S4/c1-15-3-7-17(8-4-15)37(31,32)13-21(29)27-23-25-19(11-35-23)20-12-36-24(26-20)28-22(30)14-38(33,34)18-9-5-16(2)6-10-18/h3-12H,13-14H2,1-2H3,(H,25,27,29)(H,26,28,30). The van der Waals surface area contributed by atoms with E-state index in [9.17, 15) is 26.4 Å². The van der Waals surface area contributed by atoms with Gasteiger partial charge in [-0.2, -0.15) is 0 Å². The van der Waals surface area contributed by atoms with Crippen molar-refractivity contribution in [3.63, 3.8) is 0 Å². The Labute approximate surface area is 227 Å². The molecule has 0 saturated carbocycles. The van der Waals surface area contributed by atoms with Crippen molar-refractivity contribution in [1.82, 2.24) is 9.97 Å². The second kappa shape index (κ2) is 11.1. The van der Waals surface area contributed by atoms with Gasteiger partial charge in [-0.25, -0.2) is 26.8 Å². The molecule has 2 N–H and O–H groups in total. The number of amides is 2. The topological polar surface area (TPSA) is 152 Å². The molecule has 0 atom stereocenters. The van der Waals surface area contributed by atoms with E-state index in [1.54, 1.807) is 35.0 Å². The molecular weight excluding hydrogens is 569 g/mol. The van der Waals surface area contributed by atoms with Crippen LogP contribution in [0.1, 0.15) is 11.1 Å². The Morgan fingerprint density at radius 1 is 0.658 bits per heavy atom. The highest BCUT2D eigenvalue weighted by Crippen LogP contribution is 2.28. The van der Waals surface area contributed by atoms with Gasteiger partial charge in [-0.05, 0) is 38.1 Å². The fourth-order valence-electron chi connectivity index (χ4n) is 3.21. The molecule has 38 heavy (non-hydrogen) atoms. The summed E-state index contributed by atoms with van der Waals surface area (Å²) in [5, 5.41) is 8.57. The normalized spacial score (nSPS) is 11.7. The lowest BCUT2D eigenvalue weighted by Crippen LogP contribution is -2.23. The number of hydrogen-bond acceptors (Lipinski definition) is 10. The molecule has 0 bridgehead atoms. The molecule has 14 heteroatoms. The Kier molecular flexibility index (Phi) is 8.06. The lowest BCUT2D eigenvalue weighted by Gasteiger charge is -2.05. The number of nitrogens with zero attached hydrogens (tertiary/aromatic N) is 2. The molecule has 4 rings (SSSR count). The molecule has 198 valence electrons. The van der Waals surface area contributed by atoms with Crippen LogP contribution in [0.25, 0.3) is 11.4 Å². The molecule has 0 spiro atoms. The van der Waals surface area contributed by atoms with Gasteiger partial charge in [0.15, 0.2) is 29.9 Å². The lowest BCUT2D eigenvalue weighted by atomic mass is 10.2. The van der Waals surface area contributed by atoms with Crippen LogP contribution < -0.4 is 10.6 Å². The molecule has 2 heterocycles. The first kappa shape index (κ1) is 27.6. The van der Waals surface area contributed by atoms with Crippen molar-refractivity contribution in [2.45, 2.75) is 23.6 Å². The molecule has 0 aliphatic heterocycles. The van der Waals surface area contributed by atoms with E-state index in [1.807, 2.05) is 13.8 Å². The van der Waals surface area contributed by atoms with E-state index in [4.69, 9.17) is 0 Å². The van der Waals surface area contributed by atoms with Gasteiger partial charge in [0.25, 0.3) is 0 Å². The van der Waals surface area contributed by atoms with Gasteiger partial charge in [0.1, 0.15) is 22.9 Å². The molecular formula is C24H22N4O6S4. The Morgan fingerprint density at radius 3 is 1.34 bits per heavy atom. The maximum absolute atomic E-state index is 12.5. The van der Waals surface area contributed by atoms with E-state index >= 15 is 0 Å². The largest absolute Gasteiger partial charge is 0.301 e. The van der Waals surface area contributed by atoms with E-state index in [2.05, 4.69) is 20.6 Å². The number of hydrogen-bond donors (Lipinski definition) is 2. The van der Waals surface area contributed by atoms with Gasteiger partial charge in [-0.15, -0.1) is 22.7 Å². The van der Waals surface area contributed by atoms with Crippen LogP contribution in [0.3, 0.4) is 0 Å². The summed E-state index contributed by atoms with van der Waals surface area (Å²) in [6.45, 7) is 3.67. The van der Waals surface area contributed by atoms with Crippen molar-refractivity contribution in [3.05, 3.63) is 70.4 Å². The highest BCUT2D eigenvalue weighted by Gasteiger charge is 2.22. The lowest BCUT2D eigenvalue weighted by molar-refractivity contribution is -0.114. The Morgan fingerprint density at radius 2 is 1.00 bits per heavy atom. The van der Waals surface area contributed by atoms with Gasteiger partial charge in [0.2, 0.25) is 11.8 Å². The summed E-state index contributed by atoms with van der Waals surface area (Å²) in [4.78, 5) is 33.3. The predicted octanol–water partition coefficient (Wildman–Crippen LogP) is 3.71. The van der Waals surface area contributed by atoms with Crippen molar-refractivity contribution in [2.24, 2.45) is 0 Å². The van der Waals surface area contributed by atoms with Crippen molar-refractivity contribution in [2.75, 3.05) is 22.1 Å². The van der Waals surface area contributed by atoms with Crippen LogP contribution in [0.2, 0.25) is 0 Å². The van der Waals surface area contributed by atoms with Gasteiger partial charge >= 0.3 is 0 Å². The van der Waals surface area contributed by atoms with Crippen LogP contribution in [0.5, 0.6) is 0 Å². The molecule has 0 aliphatic rings. The van der Waals surface area contributed by atoms with Gasteiger partial charge < -0.3 is 10.6 Å². The van der Waals surface area contributed by atoms with Crippen LogP contribution >= 0.6 is 22.7 Å². The highest BCUT2D eigenvalue weighted by molar-refractivity contribution is 7.92. The van der Waals surface area contributed by atoms with Gasteiger partial charge in [0.05, 0.1) is 9.79 Å². The molecule has 2 amide bonds. The number of carbonyl (C=O) groups excluding carboxylic acids is 2. The van der Waals surface area contributed by atoms with E-state index in [0.29, 0.717) is 11.4 Å². The number of benzene rings is 2. The molecule has 0 aliphatic carbocycles. The second-order valence-corrected chi connectivity index (χ2v) is 14.0. The van der Waals surface area contributed by atoms with Gasteiger partial charge in [0, 0.05) is 10.8 Å². The van der Waals surface area contributed by atoms with Crippen LogP contribution in [0.4, 0.5) is 10.3 Å². The summed E-state index contributed by atoms with van der Waals surface area (Å²) >= 11 is 2.17. The monoisotopic (exact) mass is 590 g/mol. The summed E-state index contributed by atoms with van der Waals surface area (Å²) in [5.41, 5.74) is 2.60. The fraction of sp³-hybridized carbons (Fsp3) is 0.167. The third-order valence-electron chi connectivity index (χ3n) is 5.17. The van der Waals surface area contributed by atoms with Crippen molar-refractivity contribution >= 4 is 64.4 Å². The molecule has 2 aromatic heterocycles. The van der Waals surface area contributed by atoms with Crippen molar-refractivity contribution in [1.29, 1.82) is 0 Å². The van der Waals surface area contributed by atoms with E-state index in [0.717, 1.165) is 33.8 Å². The Balaban J connectivity index is 1.35. The first-order chi connectivity index (χ1) is 17.9. The smallest absolute Gasteiger partial charge is 0.241 e. The molecule has 0 fully saturated rings. The summed E-state index contributed by atoms with van der Waals surface area (Å²) in [6, 6.07) is 12.4. The number of anilines is 2. The Hall–Kier alpha value is -3.46. The summed E-state index contributed by atoms with van der Waals surface area (Å²) in [7, 11) is -7.62. The number of sulfone groups is 2. The maximum Gasteiger partial charge on any atom is 0.241 e. The molecule has 0 saturated heterocycles. The number of rotatable bonds is 9. The van der Waals surface area contributed by atoms with E-state index < -0.39 is 43.0 Å². The zero-order valence-corrected chi connectivity index (χ0v) is 23.4. The minimum atomic E-state index is -3.81. The molecule has 2 aromatic carbocycles. The summed E-state index contributed by atoms with van der Waals surface area (Å²) in [6.07, 6.45) is 0. The first-order valence-corrected chi connectivity index (χ1v) is 16.1. The van der Waals surface area contributed by atoms with E-state index in [-0.39, 0.29) is 20.1 Å². The summed E-state index contributed by atoms with van der Waals surface area (Å²) < 4.78 is 49.9. The van der Waals surface area contributed by atoms with Gasteiger partial charge in [-0.1, -0.05) is 35.4 Å². The second-order valence-electron chi connectivity index (χ2n) is 8.32. The number of thiazole rings is 2. The number of nitrogens with one attached hydrogen (secondary N) is 2. The van der Waals surface area contributed by atoms with Crippen molar-refractivity contribution in [3.8, 4) is 11.4 Å². The average Bonchev–Trinajstić information content (AvgIpc) is 3.48. The molecule has 4 aromatic rings. The third-order valence-corrected chi connectivity index (χ3v) is 9.95. The van der Waals surface area contributed by atoms with Crippen LogP contribution in [-0.4, -0.2) is 50.1 Å². The molecule has 0 radical (unpaired) electrons. The number of aromatic nitrogens is 2. The zero-order valence-electron chi connectivity index (χ0n) is 20.2. The Bertz CT molecular complexity index is 1560. The van der Waals surface area contributed by atoms with Gasteiger partial charge in [-0.3, -0.25) is 9.59 Å². The van der Waals surface area contributed by atoms with Crippen molar-refractivity contribution < 1.29 is 26.4 Å². The minimum absolute atomic E-state index is 0.0572. The van der Waals surface area contributed by atoms with Crippen LogP contribution in [0.15, 0.2) is 69.1 Å². The highest BCUT2D eigenvalue weighted by atomic mass is 32.2. The molecule has 0 unspecified atom stereocenters. The number of carbonyl (C=O) groups is 2. The quantitative estimate of drug-likeness (QED) is 0.299. The minimum Gasteiger partial charge on any atom is -0.301 e. The third kappa shape index (κ3) is 6.89. The fourth-order valence-corrected chi connectivity index (χ4v) is 6.92. The number of aryl methyl sites for hydroxylation is 2. The van der Waals surface area contributed by atoms with Crippen LogP contribution in [0, 0.1) is 13.8 Å². The van der Waals surface area contributed by atoms with Crippen LogP contribution in [-0.2, 0) is 29.3 Å². The predicted molar refractivity (Wildman–Crippen MR) is 147 cm³/mol. The molecule has 10 nitrogen and oxygen atoms in total. The first-order valence-electron chi connectivity index (χ1n) is 11.0. The SMILES string of the molecule is Cc1ccc(S(=O)(=O)CC(=O)Nc2nc(-c3csc(NC(=O)CS(=O)(=O)c4ccc(C)cc4)n3)cs2)cc1.